The zero-order chi connectivity index (χ0) is 16.2. The highest BCUT2D eigenvalue weighted by molar-refractivity contribution is 7.89. The van der Waals surface area contributed by atoms with E-state index in [1.807, 2.05) is 29.3 Å². The summed E-state index contributed by atoms with van der Waals surface area (Å²) in [5, 5.41) is 2.02. The van der Waals surface area contributed by atoms with Crippen LogP contribution in [0.3, 0.4) is 0 Å². The molecule has 1 aliphatic rings. The maximum atomic E-state index is 12.6. The molecular weight excluding hydrogens is 320 g/mol. The van der Waals surface area contributed by atoms with E-state index in [2.05, 4.69) is 0 Å². The second kappa shape index (κ2) is 7.57. The Kier molecular flexibility index (Phi) is 6.00. The molecule has 1 aromatic heterocycles. The van der Waals surface area contributed by atoms with Gasteiger partial charge in [0.15, 0.2) is 0 Å². The van der Waals surface area contributed by atoms with Crippen molar-refractivity contribution in [1.82, 2.24) is 9.21 Å². The first-order chi connectivity index (χ1) is 10.5. The second-order valence-corrected chi connectivity index (χ2v) is 8.80. The molecule has 1 amide bonds. The van der Waals surface area contributed by atoms with Crippen LogP contribution >= 0.6 is 11.3 Å². The molecule has 124 valence electrons. The average Bonchev–Trinajstić information content (AvgIpc) is 3.05. The molecule has 0 atom stereocenters. The Morgan fingerprint density at radius 1 is 1.36 bits per heavy atom. The highest BCUT2D eigenvalue weighted by Gasteiger charge is 2.32. The molecule has 1 fully saturated rings. The molecule has 0 bridgehead atoms. The van der Waals surface area contributed by atoms with E-state index in [0.717, 1.165) is 0 Å². The SMILES string of the molecule is CCN(Cc1cccs1)C(=O)C1CCN(S(=O)(=O)CC)CC1. The lowest BCUT2D eigenvalue weighted by Gasteiger charge is -2.33. The third kappa shape index (κ3) is 4.08. The molecule has 0 unspecified atom stereocenters. The van der Waals surface area contributed by atoms with Gasteiger partial charge in [-0.1, -0.05) is 6.07 Å². The van der Waals surface area contributed by atoms with Crippen LogP contribution in [0.25, 0.3) is 0 Å². The number of carbonyl (C=O) groups excluding carboxylic acids is 1. The van der Waals surface area contributed by atoms with Gasteiger partial charge in [0, 0.05) is 30.4 Å². The van der Waals surface area contributed by atoms with Crippen LogP contribution in [0.4, 0.5) is 0 Å². The molecule has 0 spiro atoms. The van der Waals surface area contributed by atoms with Gasteiger partial charge in [-0.05, 0) is 38.1 Å². The van der Waals surface area contributed by atoms with E-state index in [4.69, 9.17) is 0 Å². The number of sulfonamides is 1. The summed E-state index contributed by atoms with van der Waals surface area (Å²) in [4.78, 5) is 15.7. The van der Waals surface area contributed by atoms with Crippen LogP contribution in [0, 0.1) is 5.92 Å². The first-order valence-electron chi connectivity index (χ1n) is 7.77. The predicted octanol–water partition coefficient (Wildman–Crippen LogP) is 2.16. The molecule has 1 aliphatic heterocycles. The maximum absolute atomic E-state index is 12.6. The van der Waals surface area contributed by atoms with E-state index in [1.54, 1.807) is 18.3 Å². The molecule has 1 saturated heterocycles. The highest BCUT2D eigenvalue weighted by Crippen LogP contribution is 2.23. The van der Waals surface area contributed by atoms with Crippen molar-refractivity contribution in [2.24, 2.45) is 5.92 Å². The van der Waals surface area contributed by atoms with Crippen molar-refractivity contribution < 1.29 is 13.2 Å². The fourth-order valence-corrected chi connectivity index (χ4v) is 4.61. The standard InChI is InChI=1S/C15H24N2O3S2/c1-3-16(12-14-6-5-11-21-14)15(18)13-7-9-17(10-8-13)22(19,20)4-2/h5-6,11,13H,3-4,7-10,12H2,1-2H3. The lowest BCUT2D eigenvalue weighted by atomic mass is 9.96. The van der Waals surface area contributed by atoms with Gasteiger partial charge in [0.05, 0.1) is 12.3 Å². The van der Waals surface area contributed by atoms with Gasteiger partial charge in [0.2, 0.25) is 15.9 Å². The van der Waals surface area contributed by atoms with Gasteiger partial charge in [-0.15, -0.1) is 11.3 Å². The van der Waals surface area contributed by atoms with E-state index < -0.39 is 10.0 Å². The van der Waals surface area contributed by atoms with Crippen molar-refractivity contribution in [2.75, 3.05) is 25.4 Å². The number of carbonyl (C=O) groups is 1. The monoisotopic (exact) mass is 344 g/mol. The minimum absolute atomic E-state index is 0.0526. The molecule has 0 aliphatic carbocycles. The smallest absolute Gasteiger partial charge is 0.226 e. The molecule has 0 N–H and O–H groups in total. The summed E-state index contributed by atoms with van der Waals surface area (Å²) in [5.74, 6) is 0.234. The number of rotatable bonds is 6. The van der Waals surface area contributed by atoms with Crippen molar-refractivity contribution >= 4 is 27.3 Å². The number of nitrogens with zero attached hydrogens (tertiary/aromatic N) is 2. The van der Waals surface area contributed by atoms with Crippen molar-refractivity contribution in [1.29, 1.82) is 0 Å². The van der Waals surface area contributed by atoms with Crippen LogP contribution in [0.15, 0.2) is 17.5 Å². The second-order valence-electron chi connectivity index (χ2n) is 5.51. The van der Waals surface area contributed by atoms with Gasteiger partial charge in [-0.2, -0.15) is 0 Å². The summed E-state index contributed by atoms with van der Waals surface area (Å²) in [6.45, 7) is 5.91. The van der Waals surface area contributed by atoms with E-state index in [9.17, 15) is 13.2 Å². The first-order valence-corrected chi connectivity index (χ1v) is 10.3. The third-order valence-electron chi connectivity index (χ3n) is 4.18. The van der Waals surface area contributed by atoms with Crippen LogP contribution in [0.1, 0.15) is 31.6 Å². The van der Waals surface area contributed by atoms with Crippen LogP contribution in [0.2, 0.25) is 0 Å². The van der Waals surface area contributed by atoms with Crippen LogP contribution < -0.4 is 0 Å². The van der Waals surface area contributed by atoms with Gasteiger partial charge in [0.25, 0.3) is 0 Å². The van der Waals surface area contributed by atoms with Crippen molar-refractivity contribution in [3.8, 4) is 0 Å². The lowest BCUT2D eigenvalue weighted by Crippen LogP contribution is -2.44. The predicted molar refractivity (Wildman–Crippen MR) is 89.2 cm³/mol. The number of thiophene rings is 1. The maximum Gasteiger partial charge on any atom is 0.226 e. The van der Waals surface area contributed by atoms with Gasteiger partial charge in [0.1, 0.15) is 0 Å². The number of piperidine rings is 1. The fraction of sp³-hybridized carbons (Fsp3) is 0.667. The lowest BCUT2D eigenvalue weighted by molar-refractivity contribution is -0.137. The Morgan fingerprint density at radius 3 is 2.55 bits per heavy atom. The van der Waals surface area contributed by atoms with Crippen LogP contribution in [0.5, 0.6) is 0 Å². The molecule has 0 radical (unpaired) electrons. The topological polar surface area (TPSA) is 57.7 Å². The zero-order valence-corrected chi connectivity index (χ0v) is 14.8. The molecule has 5 nitrogen and oxygen atoms in total. The van der Waals surface area contributed by atoms with Gasteiger partial charge in [-0.3, -0.25) is 4.79 Å². The summed E-state index contributed by atoms with van der Waals surface area (Å²) in [7, 11) is -3.13. The average molecular weight is 345 g/mol. The Balaban J connectivity index is 1.93. The van der Waals surface area contributed by atoms with E-state index in [-0.39, 0.29) is 17.6 Å². The largest absolute Gasteiger partial charge is 0.338 e. The molecule has 0 aromatic carbocycles. The molecule has 2 rings (SSSR count). The van der Waals surface area contributed by atoms with Gasteiger partial charge in [-0.25, -0.2) is 12.7 Å². The molecular formula is C15H24N2O3S2. The first kappa shape index (κ1) is 17.4. The van der Waals surface area contributed by atoms with Crippen molar-refractivity contribution in [2.45, 2.75) is 33.2 Å². The fourth-order valence-electron chi connectivity index (χ4n) is 2.76. The van der Waals surface area contributed by atoms with Gasteiger partial charge >= 0.3 is 0 Å². The normalized spacial score (nSPS) is 17.5. The summed E-state index contributed by atoms with van der Waals surface area (Å²) >= 11 is 1.66. The minimum atomic E-state index is -3.13. The van der Waals surface area contributed by atoms with E-state index in [1.165, 1.54) is 9.18 Å². The Bertz CT molecular complexity index is 576. The zero-order valence-electron chi connectivity index (χ0n) is 13.2. The molecule has 1 aromatic rings. The Morgan fingerprint density at radius 2 is 2.05 bits per heavy atom. The highest BCUT2D eigenvalue weighted by atomic mass is 32.2. The van der Waals surface area contributed by atoms with Crippen LogP contribution in [-0.2, 0) is 21.4 Å². The van der Waals surface area contributed by atoms with Crippen LogP contribution in [-0.4, -0.2) is 48.9 Å². The summed E-state index contributed by atoms with van der Waals surface area (Å²) < 4.78 is 25.2. The Labute approximate surface area is 137 Å². The molecule has 7 heteroatoms. The van der Waals surface area contributed by atoms with Crippen molar-refractivity contribution in [3.63, 3.8) is 0 Å². The molecule has 22 heavy (non-hydrogen) atoms. The van der Waals surface area contributed by atoms with E-state index >= 15 is 0 Å². The summed E-state index contributed by atoms with van der Waals surface area (Å²) in [6, 6.07) is 4.03. The minimum Gasteiger partial charge on any atom is -0.338 e. The summed E-state index contributed by atoms with van der Waals surface area (Å²) in [6.07, 6.45) is 1.25. The Hall–Kier alpha value is -0.920. The third-order valence-corrected chi connectivity index (χ3v) is 6.92. The quantitative estimate of drug-likeness (QED) is 0.794. The number of hydrogen-bond acceptors (Lipinski definition) is 4. The molecule has 0 saturated carbocycles. The van der Waals surface area contributed by atoms with Gasteiger partial charge < -0.3 is 4.90 Å². The number of hydrogen-bond donors (Lipinski definition) is 0. The van der Waals surface area contributed by atoms with Crippen molar-refractivity contribution in [3.05, 3.63) is 22.4 Å². The number of amides is 1. The molecule has 2 heterocycles. The summed E-state index contributed by atoms with van der Waals surface area (Å²) in [5.41, 5.74) is 0. The van der Waals surface area contributed by atoms with E-state index in [0.29, 0.717) is 39.0 Å².